The van der Waals surface area contributed by atoms with Crippen molar-refractivity contribution in [2.24, 2.45) is 5.73 Å². The fourth-order valence-electron chi connectivity index (χ4n) is 2.20. The largest absolute Gasteiger partial charge is 0.338 e. The van der Waals surface area contributed by atoms with Crippen molar-refractivity contribution >= 4 is 0 Å². The predicted molar refractivity (Wildman–Crippen MR) is 64.5 cm³/mol. The van der Waals surface area contributed by atoms with Gasteiger partial charge in [0.05, 0.1) is 6.04 Å². The molecule has 2 N–H and O–H groups in total. The van der Waals surface area contributed by atoms with Gasteiger partial charge in [-0.15, -0.1) is 0 Å². The lowest BCUT2D eigenvalue weighted by molar-refractivity contribution is 0.0901. The van der Waals surface area contributed by atoms with E-state index in [0.717, 1.165) is 45.2 Å². The maximum absolute atomic E-state index is 5.56. The van der Waals surface area contributed by atoms with Crippen molar-refractivity contribution in [1.29, 1.82) is 0 Å². The van der Waals surface area contributed by atoms with Gasteiger partial charge in [-0.1, -0.05) is 5.16 Å². The molecule has 1 aliphatic heterocycles. The topological polar surface area (TPSA) is 71.4 Å². The Kier molecular flexibility index (Phi) is 4.09. The van der Waals surface area contributed by atoms with Crippen LogP contribution in [0.25, 0.3) is 0 Å². The maximum Gasteiger partial charge on any atom is 0.243 e. The molecule has 0 aliphatic carbocycles. The van der Waals surface area contributed by atoms with E-state index in [4.69, 9.17) is 10.3 Å². The Hall–Kier alpha value is -0.980. The minimum absolute atomic E-state index is 0.205. The Morgan fingerprint density at radius 2 is 2.06 bits per heavy atom. The Morgan fingerprint density at radius 3 is 2.59 bits per heavy atom. The van der Waals surface area contributed by atoms with E-state index >= 15 is 0 Å². The zero-order chi connectivity index (χ0) is 12.3. The van der Waals surface area contributed by atoms with Gasteiger partial charge in [-0.25, -0.2) is 0 Å². The van der Waals surface area contributed by atoms with Gasteiger partial charge in [0.25, 0.3) is 0 Å². The van der Waals surface area contributed by atoms with Crippen LogP contribution in [-0.2, 0) is 0 Å². The lowest BCUT2D eigenvalue weighted by Crippen LogP contribution is -2.48. The van der Waals surface area contributed by atoms with E-state index in [1.54, 1.807) is 0 Å². The summed E-state index contributed by atoms with van der Waals surface area (Å²) in [7, 11) is 0. The highest BCUT2D eigenvalue weighted by Crippen LogP contribution is 2.19. The van der Waals surface area contributed by atoms with E-state index in [-0.39, 0.29) is 6.04 Å². The van der Waals surface area contributed by atoms with Crippen LogP contribution in [0.4, 0.5) is 0 Å². The van der Waals surface area contributed by atoms with Crippen LogP contribution in [0.15, 0.2) is 4.52 Å². The standard InChI is InChI=1S/C11H21N5O/c1-9(11-13-10(2)14-17-11)16-7-5-15(4-3-12)6-8-16/h9H,3-8,12H2,1-2H3. The summed E-state index contributed by atoms with van der Waals surface area (Å²) in [4.78, 5) is 9.05. The van der Waals surface area contributed by atoms with Crippen molar-refractivity contribution in [2.45, 2.75) is 19.9 Å². The molecule has 0 bridgehead atoms. The molecule has 2 heterocycles. The number of hydrogen-bond acceptors (Lipinski definition) is 6. The summed E-state index contributed by atoms with van der Waals surface area (Å²) in [6, 6.07) is 0.205. The molecule has 0 saturated carbocycles. The fraction of sp³-hybridized carbons (Fsp3) is 0.818. The van der Waals surface area contributed by atoms with Crippen LogP contribution in [0.1, 0.15) is 24.7 Å². The van der Waals surface area contributed by atoms with E-state index in [1.807, 2.05) is 6.92 Å². The summed E-state index contributed by atoms with van der Waals surface area (Å²) in [6.45, 7) is 9.87. The monoisotopic (exact) mass is 239 g/mol. The first-order chi connectivity index (χ1) is 8.20. The molecule has 1 aromatic rings. The molecule has 1 unspecified atom stereocenters. The molecule has 0 amide bonds. The minimum Gasteiger partial charge on any atom is -0.338 e. The molecule has 1 saturated heterocycles. The van der Waals surface area contributed by atoms with Crippen molar-refractivity contribution in [1.82, 2.24) is 19.9 Å². The minimum atomic E-state index is 0.205. The molecule has 6 heteroatoms. The average Bonchev–Trinajstić information content (AvgIpc) is 2.76. The van der Waals surface area contributed by atoms with Gasteiger partial charge in [-0.2, -0.15) is 4.98 Å². The highest BCUT2D eigenvalue weighted by molar-refractivity contribution is 4.91. The number of nitrogens with two attached hydrogens (primary N) is 1. The Morgan fingerprint density at radius 1 is 1.35 bits per heavy atom. The highest BCUT2D eigenvalue weighted by atomic mass is 16.5. The lowest BCUT2D eigenvalue weighted by atomic mass is 10.2. The molecule has 0 spiro atoms. The first-order valence-electron chi connectivity index (χ1n) is 6.17. The van der Waals surface area contributed by atoms with Crippen LogP contribution >= 0.6 is 0 Å². The molecule has 2 rings (SSSR count). The van der Waals surface area contributed by atoms with E-state index < -0.39 is 0 Å². The van der Waals surface area contributed by atoms with Crippen LogP contribution < -0.4 is 5.73 Å². The van der Waals surface area contributed by atoms with Crippen LogP contribution in [0.3, 0.4) is 0 Å². The smallest absolute Gasteiger partial charge is 0.243 e. The molecular formula is C11H21N5O. The molecule has 1 aromatic heterocycles. The van der Waals surface area contributed by atoms with E-state index in [1.165, 1.54) is 0 Å². The quantitative estimate of drug-likeness (QED) is 0.798. The summed E-state index contributed by atoms with van der Waals surface area (Å²) in [5.41, 5.74) is 5.56. The van der Waals surface area contributed by atoms with Gasteiger partial charge in [0.2, 0.25) is 5.89 Å². The average molecular weight is 239 g/mol. The second-order valence-corrected chi connectivity index (χ2v) is 4.52. The predicted octanol–water partition coefficient (Wildman–Crippen LogP) is 0.0153. The molecule has 1 fully saturated rings. The number of nitrogens with zero attached hydrogens (tertiary/aromatic N) is 4. The number of aryl methyl sites for hydroxylation is 1. The Labute approximate surface area is 102 Å². The molecule has 1 atom stereocenters. The van der Waals surface area contributed by atoms with Gasteiger partial charge in [0.1, 0.15) is 0 Å². The maximum atomic E-state index is 5.56. The zero-order valence-corrected chi connectivity index (χ0v) is 10.6. The first kappa shape index (κ1) is 12.5. The third kappa shape index (κ3) is 3.02. The summed E-state index contributed by atoms with van der Waals surface area (Å²) >= 11 is 0. The van der Waals surface area contributed by atoms with Gasteiger partial charge in [0.15, 0.2) is 5.82 Å². The van der Waals surface area contributed by atoms with Crippen molar-refractivity contribution in [2.75, 3.05) is 39.3 Å². The fourth-order valence-corrected chi connectivity index (χ4v) is 2.20. The highest BCUT2D eigenvalue weighted by Gasteiger charge is 2.24. The van der Waals surface area contributed by atoms with Gasteiger partial charge < -0.3 is 10.3 Å². The third-order valence-electron chi connectivity index (χ3n) is 3.30. The van der Waals surface area contributed by atoms with Crippen LogP contribution in [-0.4, -0.2) is 59.2 Å². The van der Waals surface area contributed by atoms with E-state index in [0.29, 0.717) is 5.82 Å². The summed E-state index contributed by atoms with van der Waals surface area (Å²) in [5, 5.41) is 3.84. The number of rotatable bonds is 4. The van der Waals surface area contributed by atoms with Crippen LogP contribution in [0.5, 0.6) is 0 Å². The van der Waals surface area contributed by atoms with Crippen molar-refractivity contribution in [3.8, 4) is 0 Å². The first-order valence-corrected chi connectivity index (χ1v) is 6.17. The van der Waals surface area contributed by atoms with Crippen molar-refractivity contribution < 1.29 is 4.52 Å². The molecule has 96 valence electrons. The molecular weight excluding hydrogens is 218 g/mol. The molecule has 0 aromatic carbocycles. The molecule has 17 heavy (non-hydrogen) atoms. The van der Waals surface area contributed by atoms with Crippen LogP contribution in [0, 0.1) is 6.92 Å². The Bertz CT molecular complexity index is 345. The summed E-state index contributed by atoms with van der Waals surface area (Å²) < 4.78 is 5.22. The van der Waals surface area contributed by atoms with E-state index in [2.05, 4.69) is 26.9 Å². The van der Waals surface area contributed by atoms with Crippen molar-refractivity contribution in [3.63, 3.8) is 0 Å². The molecule has 0 radical (unpaired) electrons. The number of aromatic nitrogens is 2. The van der Waals surface area contributed by atoms with Crippen LogP contribution in [0.2, 0.25) is 0 Å². The second kappa shape index (κ2) is 5.57. The number of piperazine rings is 1. The molecule has 6 nitrogen and oxygen atoms in total. The second-order valence-electron chi connectivity index (χ2n) is 4.52. The van der Waals surface area contributed by atoms with E-state index in [9.17, 15) is 0 Å². The lowest BCUT2D eigenvalue weighted by Gasteiger charge is -2.36. The zero-order valence-electron chi connectivity index (χ0n) is 10.6. The summed E-state index contributed by atoms with van der Waals surface area (Å²) in [6.07, 6.45) is 0. The third-order valence-corrected chi connectivity index (χ3v) is 3.30. The SMILES string of the molecule is Cc1noc(C(C)N2CCN(CCN)CC2)n1. The van der Waals surface area contributed by atoms with Crippen molar-refractivity contribution in [3.05, 3.63) is 11.7 Å². The summed E-state index contributed by atoms with van der Waals surface area (Å²) in [5.74, 6) is 1.42. The van der Waals surface area contributed by atoms with Gasteiger partial charge in [0, 0.05) is 39.3 Å². The Balaban J connectivity index is 1.88. The number of hydrogen-bond donors (Lipinski definition) is 1. The van der Waals surface area contributed by atoms with Gasteiger partial charge in [-0.3, -0.25) is 9.80 Å². The van der Waals surface area contributed by atoms with Gasteiger partial charge in [-0.05, 0) is 13.8 Å². The van der Waals surface area contributed by atoms with Gasteiger partial charge >= 0.3 is 0 Å². The molecule has 1 aliphatic rings. The normalized spacial score (nSPS) is 20.6.